The fourth-order valence-corrected chi connectivity index (χ4v) is 5.03. The second-order valence-electron chi connectivity index (χ2n) is 10.6. The van der Waals surface area contributed by atoms with Gasteiger partial charge in [-0.1, -0.05) is 35.6 Å². The molecule has 0 saturated carbocycles. The number of nitriles is 1. The van der Waals surface area contributed by atoms with Crippen molar-refractivity contribution in [1.29, 1.82) is 5.26 Å². The molecule has 1 amide bonds. The molecule has 8 nitrogen and oxygen atoms in total. The Balaban J connectivity index is 1.48. The number of carbonyl (C=O) groups excluding carboxylic acids is 1. The van der Waals surface area contributed by atoms with Crippen LogP contribution in [-0.4, -0.2) is 44.7 Å². The zero-order chi connectivity index (χ0) is 26.2. The molecule has 3 aromatic rings. The Hall–Kier alpha value is -4.12. The number of aromatic nitrogens is 3. The highest BCUT2D eigenvalue weighted by Gasteiger charge is 2.28. The molecule has 0 bridgehead atoms. The van der Waals surface area contributed by atoms with E-state index in [0.717, 1.165) is 53.2 Å². The molecule has 0 radical (unpaired) electrons. The molecule has 37 heavy (non-hydrogen) atoms. The molecule has 0 aliphatic carbocycles. The maximum absolute atomic E-state index is 12.5. The number of rotatable bonds is 3. The number of amides is 1. The standard InChI is InChI=1S/C29H32N6O2/c1-19-27-23-10-9-21(20-11-14-34(15-12-20)28(36)37-29(2,3)4)17-24(23)26(13-16-35(27)33-32-19)31-25-8-6-5-7-22(25)18-30/h5-11,17,26,31H,12-16H2,1-4H3. The van der Waals surface area contributed by atoms with Crippen LogP contribution in [0, 0.1) is 18.3 Å². The van der Waals surface area contributed by atoms with Crippen LogP contribution < -0.4 is 5.32 Å². The summed E-state index contributed by atoms with van der Waals surface area (Å²) in [7, 11) is 0. The number of nitrogens with one attached hydrogen (secondary N) is 1. The van der Waals surface area contributed by atoms with Crippen molar-refractivity contribution in [3.63, 3.8) is 0 Å². The minimum atomic E-state index is -0.510. The van der Waals surface area contributed by atoms with Crippen LogP contribution in [-0.2, 0) is 11.3 Å². The first-order valence-corrected chi connectivity index (χ1v) is 12.7. The Kier molecular flexibility index (Phi) is 6.46. The van der Waals surface area contributed by atoms with Crippen LogP contribution in [0.4, 0.5) is 10.5 Å². The number of carbonyl (C=O) groups is 1. The van der Waals surface area contributed by atoms with Gasteiger partial charge in [0.15, 0.2) is 0 Å². The van der Waals surface area contributed by atoms with Gasteiger partial charge in [-0.3, -0.25) is 0 Å². The first kappa shape index (κ1) is 24.6. The third-order valence-electron chi connectivity index (χ3n) is 6.82. The molecule has 190 valence electrons. The fourth-order valence-electron chi connectivity index (χ4n) is 5.03. The molecule has 2 aliphatic rings. The lowest BCUT2D eigenvalue weighted by Gasteiger charge is -2.30. The quantitative estimate of drug-likeness (QED) is 0.499. The number of benzene rings is 2. The van der Waals surface area contributed by atoms with Gasteiger partial charge in [-0.05, 0) is 75.4 Å². The SMILES string of the molecule is Cc1nnn2c1-c1ccc(C3=CCN(C(=O)OC(C)(C)C)CC3)cc1C(Nc1ccccc1C#N)CC2. The highest BCUT2D eigenvalue weighted by molar-refractivity contribution is 5.76. The summed E-state index contributed by atoms with van der Waals surface area (Å²) >= 11 is 0. The predicted molar refractivity (Wildman–Crippen MR) is 143 cm³/mol. The molecule has 2 aliphatic heterocycles. The van der Waals surface area contributed by atoms with Gasteiger partial charge < -0.3 is 15.0 Å². The van der Waals surface area contributed by atoms with Crippen LogP contribution in [0.3, 0.4) is 0 Å². The summed E-state index contributed by atoms with van der Waals surface area (Å²) in [5.41, 5.74) is 7.48. The zero-order valence-electron chi connectivity index (χ0n) is 21.8. The fraction of sp³-hybridized carbons (Fsp3) is 0.379. The first-order chi connectivity index (χ1) is 17.7. The Morgan fingerprint density at radius 2 is 2.00 bits per heavy atom. The summed E-state index contributed by atoms with van der Waals surface area (Å²) < 4.78 is 7.52. The molecule has 5 rings (SSSR count). The molecule has 1 aromatic heterocycles. The first-order valence-electron chi connectivity index (χ1n) is 12.7. The van der Waals surface area contributed by atoms with E-state index in [1.54, 1.807) is 4.90 Å². The van der Waals surface area contributed by atoms with E-state index in [9.17, 15) is 10.1 Å². The minimum Gasteiger partial charge on any atom is -0.444 e. The van der Waals surface area contributed by atoms with Crippen molar-refractivity contribution < 1.29 is 9.53 Å². The number of nitrogens with zero attached hydrogens (tertiary/aromatic N) is 5. The Bertz CT molecular complexity index is 1410. The van der Waals surface area contributed by atoms with Gasteiger partial charge in [0, 0.05) is 25.2 Å². The summed E-state index contributed by atoms with van der Waals surface area (Å²) in [5.74, 6) is 0. The maximum Gasteiger partial charge on any atom is 0.410 e. The van der Waals surface area contributed by atoms with Crippen molar-refractivity contribution in [2.45, 2.75) is 58.7 Å². The van der Waals surface area contributed by atoms with Crippen molar-refractivity contribution in [1.82, 2.24) is 19.9 Å². The van der Waals surface area contributed by atoms with E-state index < -0.39 is 5.60 Å². The zero-order valence-corrected chi connectivity index (χ0v) is 21.8. The molecule has 1 atom stereocenters. The van der Waals surface area contributed by atoms with E-state index >= 15 is 0 Å². The van der Waals surface area contributed by atoms with Crippen LogP contribution in [0.2, 0.25) is 0 Å². The molecule has 1 unspecified atom stereocenters. The smallest absolute Gasteiger partial charge is 0.410 e. The molecule has 0 spiro atoms. The monoisotopic (exact) mass is 496 g/mol. The highest BCUT2D eigenvalue weighted by atomic mass is 16.6. The van der Waals surface area contributed by atoms with Crippen LogP contribution >= 0.6 is 0 Å². The lowest BCUT2D eigenvalue weighted by molar-refractivity contribution is 0.0270. The number of aryl methyl sites for hydroxylation is 2. The van der Waals surface area contributed by atoms with Crippen molar-refractivity contribution in [3.8, 4) is 17.3 Å². The molecule has 2 aromatic carbocycles. The van der Waals surface area contributed by atoms with Gasteiger partial charge in [0.25, 0.3) is 0 Å². The second kappa shape index (κ2) is 9.74. The van der Waals surface area contributed by atoms with E-state index in [2.05, 4.69) is 46.0 Å². The molecular weight excluding hydrogens is 464 g/mol. The molecule has 3 heterocycles. The number of hydrogen-bond acceptors (Lipinski definition) is 6. The lowest BCUT2D eigenvalue weighted by Crippen LogP contribution is -2.39. The van der Waals surface area contributed by atoms with Gasteiger partial charge in [0.2, 0.25) is 0 Å². The molecule has 0 fully saturated rings. The summed E-state index contributed by atoms with van der Waals surface area (Å²) in [4.78, 5) is 14.3. The van der Waals surface area contributed by atoms with Gasteiger partial charge in [0.05, 0.1) is 28.7 Å². The average molecular weight is 497 g/mol. The van der Waals surface area contributed by atoms with Gasteiger partial charge in [-0.15, -0.1) is 5.10 Å². The number of hydrogen-bond donors (Lipinski definition) is 1. The van der Waals surface area contributed by atoms with E-state index in [0.29, 0.717) is 18.7 Å². The van der Waals surface area contributed by atoms with E-state index in [1.807, 2.05) is 56.6 Å². The third-order valence-corrected chi connectivity index (χ3v) is 6.82. The lowest BCUT2D eigenvalue weighted by atomic mass is 9.90. The highest BCUT2D eigenvalue weighted by Crippen LogP contribution is 2.39. The van der Waals surface area contributed by atoms with Crippen molar-refractivity contribution in [2.75, 3.05) is 18.4 Å². The van der Waals surface area contributed by atoms with Crippen molar-refractivity contribution in [3.05, 3.63) is 70.9 Å². The topological polar surface area (TPSA) is 96.1 Å². The third kappa shape index (κ3) is 5.08. The number of ether oxygens (including phenoxy) is 1. The number of anilines is 1. The summed E-state index contributed by atoms with van der Waals surface area (Å²) in [5, 5.41) is 22.0. The van der Waals surface area contributed by atoms with Gasteiger partial charge in [0.1, 0.15) is 11.7 Å². The molecule has 1 N–H and O–H groups in total. The molecule has 0 saturated heterocycles. The van der Waals surface area contributed by atoms with Gasteiger partial charge in [-0.2, -0.15) is 5.26 Å². The summed E-state index contributed by atoms with van der Waals surface area (Å²) in [6.45, 7) is 9.50. The Labute approximate surface area is 217 Å². The predicted octanol–water partition coefficient (Wildman–Crippen LogP) is 5.71. The number of para-hydroxylation sites is 1. The normalized spacial score (nSPS) is 17.1. The Morgan fingerprint density at radius 3 is 2.73 bits per heavy atom. The van der Waals surface area contributed by atoms with Crippen LogP contribution in [0.25, 0.3) is 16.8 Å². The van der Waals surface area contributed by atoms with Gasteiger partial charge >= 0.3 is 6.09 Å². The van der Waals surface area contributed by atoms with E-state index in [-0.39, 0.29) is 12.1 Å². The van der Waals surface area contributed by atoms with E-state index in [4.69, 9.17) is 4.74 Å². The minimum absolute atomic E-state index is 0.00648. The molecule has 8 heteroatoms. The second-order valence-corrected chi connectivity index (χ2v) is 10.6. The summed E-state index contributed by atoms with van der Waals surface area (Å²) in [6.07, 6.45) is 3.40. The van der Waals surface area contributed by atoms with Crippen LogP contribution in [0.15, 0.2) is 48.5 Å². The molecular formula is C29H32N6O2. The van der Waals surface area contributed by atoms with Crippen molar-refractivity contribution >= 4 is 17.4 Å². The van der Waals surface area contributed by atoms with Crippen LogP contribution in [0.5, 0.6) is 0 Å². The largest absolute Gasteiger partial charge is 0.444 e. The van der Waals surface area contributed by atoms with Gasteiger partial charge in [-0.25, -0.2) is 9.48 Å². The Morgan fingerprint density at radius 1 is 1.19 bits per heavy atom. The summed E-state index contributed by atoms with van der Waals surface area (Å²) in [6, 6.07) is 16.4. The number of fused-ring (bicyclic) bond motifs is 3. The maximum atomic E-state index is 12.5. The van der Waals surface area contributed by atoms with Crippen molar-refractivity contribution in [2.24, 2.45) is 0 Å². The van der Waals surface area contributed by atoms with E-state index in [1.165, 1.54) is 5.57 Å². The van der Waals surface area contributed by atoms with Crippen LogP contribution in [0.1, 0.15) is 62.0 Å². The average Bonchev–Trinajstić information content (AvgIpc) is 3.17.